The maximum absolute atomic E-state index is 12.0. The van der Waals surface area contributed by atoms with Crippen LogP contribution in [0.1, 0.15) is 18.2 Å². The van der Waals surface area contributed by atoms with Crippen molar-refractivity contribution in [2.75, 3.05) is 6.54 Å². The second-order valence-corrected chi connectivity index (χ2v) is 5.80. The molecule has 0 aromatic carbocycles. The lowest BCUT2D eigenvalue weighted by atomic mass is 10.3. The van der Waals surface area contributed by atoms with Gasteiger partial charge in [0.25, 0.3) is 10.0 Å². The molecular weight excluding hydrogens is 280 g/mol. The molecule has 2 rings (SSSR count). The van der Waals surface area contributed by atoms with Gasteiger partial charge in [0.15, 0.2) is 10.8 Å². The first-order valence-corrected chi connectivity index (χ1v) is 7.65. The van der Waals surface area contributed by atoms with E-state index in [1.165, 1.54) is 12.3 Å². The minimum Gasteiger partial charge on any atom is -0.360 e. The van der Waals surface area contributed by atoms with Crippen molar-refractivity contribution in [2.24, 2.45) is 0 Å². The molecule has 0 unspecified atom stereocenters. The van der Waals surface area contributed by atoms with Crippen molar-refractivity contribution in [3.8, 4) is 0 Å². The Balaban J connectivity index is 2.01. The highest BCUT2D eigenvalue weighted by Crippen LogP contribution is 2.07. The van der Waals surface area contributed by atoms with E-state index in [9.17, 15) is 8.42 Å². The van der Waals surface area contributed by atoms with Crippen LogP contribution in [0.5, 0.6) is 0 Å². The Hall–Kier alpha value is -1.77. The summed E-state index contributed by atoms with van der Waals surface area (Å²) in [6.45, 7) is 3.55. The number of pyridine rings is 1. The fourth-order valence-corrected chi connectivity index (χ4v) is 2.44. The van der Waals surface area contributed by atoms with Gasteiger partial charge in [-0.2, -0.15) is 0 Å². The fraction of sp³-hybridized carbons (Fsp3) is 0.333. The predicted molar refractivity (Wildman–Crippen MR) is 72.1 cm³/mol. The van der Waals surface area contributed by atoms with E-state index in [-0.39, 0.29) is 11.6 Å². The summed E-state index contributed by atoms with van der Waals surface area (Å²) in [5, 5.41) is 6.63. The standard InChI is InChI=1S/C12H16N4O3S/c1-2-13-7-10-3-4-12(14-8-10)20(17,18)16-9-11-5-6-15-19-11/h3-6,8,13,16H,2,7,9H2,1H3. The molecule has 0 aliphatic rings. The molecule has 0 bridgehead atoms. The SMILES string of the molecule is CCNCc1ccc(S(=O)(=O)NCc2ccno2)nc1. The summed E-state index contributed by atoms with van der Waals surface area (Å²) in [5.41, 5.74) is 0.932. The summed E-state index contributed by atoms with van der Waals surface area (Å²) in [6, 6.07) is 4.81. The van der Waals surface area contributed by atoms with Crippen LogP contribution in [0.4, 0.5) is 0 Å². The molecule has 7 nitrogen and oxygen atoms in total. The second kappa shape index (κ2) is 6.60. The van der Waals surface area contributed by atoms with E-state index in [4.69, 9.17) is 4.52 Å². The van der Waals surface area contributed by atoms with Gasteiger partial charge in [-0.05, 0) is 18.2 Å². The first kappa shape index (κ1) is 14.6. The summed E-state index contributed by atoms with van der Waals surface area (Å²) in [4.78, 5) is 3.97. The number of hydrogen-bond donors (Lipinski definition) is 2. The van der Waals surface area contributed by atoms with Crippen molar-refractivity contribution in [3.05, 3.63) is 41.9 Å². The van der Waals surface area contributed by atoms with E-state index < -0.39 is 10.0 Å². The van der Waals surface area contributed by atoms with Gasteiger partial charge in [-0.1, -0.05) is 18.1 Å². The summed E-state index contributed by atoms with van der Waals surface area (Å²) < 4.78 is 31.2. The quantitative estimate of drug-likeness (QED) is 0.779. The molecule has 8 heteroatoms. The molecule has 0 aliphatic heterocycles. The molecule has 2 aromatic heterocycles. The number of sulfonamides is 1. The number of aromatic nitrogens is 2. The monoisotopic (exact) mass is 296 g/mol. The summed E-state index contributed by atoms with van der Waals surface area (Å²) in [7, 11) is -3.64. The van der Waals surface area contributed by atoms with Crippen molar-refractivity contribution in [3.63, 3.8) is 0 Å². The van der Waals surface area contributed by atoms with Crippen LogP contribution in [0.2, 0.25) is 0 Å². The topological polar surface area (TPSA) is 97.1 Å². The number of nitrogens with zero attached hydrogens (tertiary/aromatic N) is 2. The largest absolute Gasteiger partial charge is 0.360 e. The summed E-state index contributed by atoms with van der Waals surface area (Å²) >= 11 is 0. The van der Waals surface area contributed by atoms with E-state index in [2.05, 4.69) is 20.2 Å². The molecule has 0 saturated carbocycles. The van der Waals surface area contributed by atoms with Gasteiger partial charge in [0.05, 0.1) is 12.7 Å². The van der Waals surface area contributed by atoms with E-state index >= 15 is 0 Å². The van der Waals surface area contributed by atoms with Gasteiger partial charge >= 0.3 is 0 Å². The highest BCUT2D eigenvalue weighted by Gasteiger charge is 2.15. The molecule has 0 aliphatic carbocycles. The van der Waals surface area contributed by atoms with E-state index in [0.29, 0.717) is 12.3 Å². The van der Waals surface area contributed by atoms with E-state index in [1.807, 2.05) is 6.92 Å². The van der Waals surface area contributed by atoms with Gasteiger partial charge in [-0.25, -0.2) is 18.1 Å². The first-order chi connectivity index (χ1) is 9.62. The third kappa shape index (κ3) is 3.86. The lowest BCUT2D eigenvalue weighted by Gasteiger charge is -2.06. The smallest absolute Gasteiger partial charge is 0.258 e. The molecule has 20 heavy (non-hydrogen) atoms. The zero-order valence-corrected chi connectivity index (χ0v) is 11.9. The third-order valence-electron chi connectivity index (χ3n) is 2.58. The molecule has 0 amide bonds. The molecular formula is C12H16N4O3S. The molecule has 0 fully saturated rings. The molecule has 0 saturated heterocycles. The Bertz CT molecular complexity index is 623. The minimum atomic E-state index is -3.64. The molecule has 2 N–H and O–H groups in total. The third-order valence-corrected chi connectivity index (χ3v) is 3.90. The molecule has 0 spiro atoms. The maximum Gasteiger partial charge on any atom is 0.258 e. The van der Waals surface area contributed by atoms with Crippen LogP contribution in [-0.4, -0.2) is 25.1 Å². The Kier molecular flexibility index (Phi) is 4.83. The van der Waals surface area contributed by atoms with Gasteiger partial charge in [0.2, 0.25) is 0 Å². The molecule has 0 atom stereocenters. The second-order valence-electron chi connectivity index (χ2n) is 4.09. The average molecular weight is 296 g/mol. The number of hydrogen-bond acceptors (Lipinski definition) is 6. The normalized spacial score (nSPS) is 11.7. The predicted octanol–water partition coefficient (Wildman–Crippen LogP) is 0.658. The molecule has 0 radical (unpaired) electrons. The van der Waals surface area contributed by atoms with Crippen LogP contribution in [0.3, 0.4) is 0 Å². The Morgan fingerprint density at radius 2 is 2.10 bits per heavy atom. The molecule has 2 heterocycles. The first-order valence-electron chi connectivity index (χ1n) is 6.16. The summed E-state index contributed by atoms with van der Waals surface area (Å²) in [5.74, 6) is 0.442. The van der Waals surface area contributed by atoms with Crippen LogP contribution in [0.25, 0.3) is 0 Å². The van der Waals surface area contributed by atoms with Crippen LogP contribution < -0.4 is 10.0 Å². The van der Waals surface area contributed by atoms with Crippen molar-refractivity contribution in [2.45, 2.75) is 25.0 Å². The van der Waals surface area contributed by atoms with Gasteiger partial charge in [-0.3, -0.25) is 0 Å². The fourth-order valence-electron chi connectivity index (χ4n) is 1.52. The number of rotatable bonds is 7. The van der Waals surface area contributed by atoms with Crippen molar-refractivity contribution in [1.82, 2.24) is 20.2 Å². The van der Waals surface area contributed by atoms with Crippen LogP contribution in [-0.2, 0) is 23.1 Å². The van der Waals surface area contributed by atoms with Crippen LogP contribution in [0, 0.1) is 0 Å². The lowest BCUT2D eigenvalue weighted by Crippen LogP contribution is -2.24. The Labute approximate surface area is 117 Å². The van der Waals surface area contributed by atoms with Gasteiger partial charge < -0.3 is 9.84 Å². The summed E-state index contributed by atoms with van der Waals surface area (Å²) in [6.07, 6.45) is 3.00. The maximum atomic E-state index is 12.0. The minimum absolute atomic E-state index is 0.0164. The van der Waals surface area contributed by atoms with Crippen molar-refractivity contribution < 1.29 is 12.9 Å². The van der Waals surface area contributed by atoms with Crippen LogP contribution in [0.15, 0.2) is 40.1 Å². The van der Waals surface area contributed by atoms with Crippen LogP contribution >= 0.6 is 0 Å². The van der Waals surface area contributed by atoms with Crippen molar-refractivity contribution in [1.29, 1.82) is 0 Å². The Morgan fingerprint density at radius 3 is 2.70 bits per heavy atom. The van der Waals surface area contributed by atoms with Gasteiger partial charge in [0, 0.05) is 18.8 Å². The highest BCUT2D eigenvalue weighted by molar-refractivity contribution is 7.89. The number of nitrogens with one attached hydrogen (secondary N) is 2. The highest BCUT2D eigenvalue weighted by atomic mass is 32.2. The van der Waals surface area contributed by atoms with Gasteiger partial charge in [0.1, 0.15) is 0 Å². The zero-order chi connectivity index (χ0) is 14.4. The van der Waals surface area contributed by atoms with Crippen molar-refractivity contribution >= 4 is 10.0 Å². The van der Waals surface area contributed by atoms with Gasteiger partial charge in [-0.15, -0.1) is 0 Å². The average Bonchev–Trinajstić information content (AvgIpc) is 2.97. The Morgan fingerprint density at radius 1 is 1.25 bits per heavy atom. The lowest BCUT2D eigenvalue weighted by molar-refractivity contribution is 0.380. The molecule has 108 valence electrons. The van der Waals surface area contributed by atoms with E-state index in [1.54, 1.807) is 18.3 Å². The molecule has 2 aromatic rings. The zero-order valence-electron chi connectivity index (χ0n) is 11.0. The van der Waals surface area contributed by atoms with E-state index in [0.717, 1.165) is 12.1 Å².